The molecule has 0 saturated carbocycles. The van der Waals surface area contributed by atoms with Crippen LogP contribution in [-0.4, -0.2) is 6.54 Å². The van der Waals surface area contributed by atoms with Gasteiger partial charge in [-0.3, -0.25) is 0 Å². The Bertz CT molecular complexity index is 594. The van der Waals surface area contributed by atoms with E-state index in [2.05, 4.69) is 38.2 Å². The largest absolute Gasteiger partial charge is 0.309 e. The zero-order valence-corrected chi connectivity index (χ0v) is 14.2. The normalized spacial score (nSPS) is 12.9. The lowest BCUT2D eigenvalue weighted by Crippen LogP contribution is -2.25. The van der Waals surface area contributed by atoms with E-state index >= 15 is 0 Å². The van der Waals surface area contributed by atoms with Crippen molar-refractivity contribution >= 4 is 22.9 Å². The number of hydrogen-bond donors (Lipinski definition) is 1. The Hall–Kier alpha value is -0.900. The molecule has 0 spiro atoms. The maximum atomic E-state index is 13.6. The smallest absolute Gasteiger partial charge is 0.142 e. The Kier molecular flexibility index (Phi) is 5.80. The van der Waals surface area contributed by atoms with Crippen LogP contribution in [0.5, 0.6) is 0 Å². The van der Waals surface area contributed by atoms with Crippen LogP contribution in [-0.2, 0) is 0 Å². The summed E-state index contributed by atoms with van der Waals surface area (Å²) in [6, 6.07) is 9.53. The van der Waals surface area contributed by atoms with Gasteiger partial charge in [-0.15, -0.1) is 11.3 Å². The number of halogens is 2. The molecule has 1 atom stereocenters. The van der Waals surface area contributed by atoms with Crippen molar-refractivity contribution < 1.29 is 4.39 Å². The van der Waals surface area contributed by atoms with Crippen LogP contribution in [0, 0.1) is 11.7 Å². The van der Waals surface area contributed by atoms with E-state index in [0.717, 1.165) is 23.4 Å². The van der Waals surface area contributed by atoms with Crippen LogP contribution in [0.2, 0.25) is 5.02 Å². The van der Waals surface area contributed by atoms with E-state index in [-0.39, 0.29) is 10.8 Å². The average molecular weight is 326 g/mol. The van der Waals surface area contributed by atoms with Gasteiger partial charge in [0.25, 0.3) is 0 Å². The van der Waals surface area contributed by atoms with E-state index in [0.29, 0.717) is 12.0 Å². The highest BCUT2D eigenvalue weighted by Crippen LogP contribution is 2.35. The number of thiophene rings is 1. The molecule has 0 radical (unpaired) electrons. The number of nitrogens with one attached hydrogen (secondary N) is 1. The molecule has 1 nitrogen and oxygen atoms in total. The van der Waals surface area contributed by atoms with Crippen molar-refractivity contribution in [2.24, 2.45) is 5.92 Å². The predicted octanol–water partition coefficient (Wildman–Crippen LogP) is 5.90. The van der Waals surface area contributed by atoms with Gasteiger partial charge in [0.2, 0.25) is 0 Å². The minimum atomic E-state index is -0.367. The van der Waals surface area contributed by atoms with E-state index in [9.17, 15) is 4.39 Å². The first kappa shape index (κ1) is 16.5. The lowest BCUT2D eigenvalue weighted by Gasteiger charge is -2.20. The third-order valence-electron chi connectivity index (χ3n) is 3.42. The van der Waals surface area contributed by atoms with E-state index in [1.165, 1.54) is 10.9 Å². The minimum Gasteiger partial charge on any atom is -0.309 e. The molecule has 0 amide bonds. The summed E-state index contributed by atoms with van der Waals surface area (Å²) in [7, 11) is 0. The molecule has 0 aliphatic rings. The van der Waals surface area contributed by atoms with Crippen LogP contribution < -0.4 is 5.32 Å². The van der Waals surface area contributed by atoms with Crippen molar-refractivity contribution in [3.63, 3.8) is 0 Å². The van der Waals surface area contributed by atoms with E-state index < -0.39 is 0 Å². The van der Waals surface area contributed by atoms with Gasteiger partial charge in [0, 0.05) is 15.8 Å². The van der Waals surface area contributed by atoms with Crippen LogP contribution in [0.4, 0.5) is 4.39 Å². The van der Waals surface area contributed by atoms with Gasteiger partial charge in [0.1, 0.15) is 5.82 Å². The Morgan fingerprint density at radius 3 is 2.62 bits per heavy atom. The second-order valence-corrected chi connectivity index (χ2v) is 7.03. The van der Waals surface area contributed by atoms with Gasteiger partial charge < -0.3 is 5.32 Å². The quantitative estimate of drug-likeness (QED) is 0.696. The van der Waals surface area contributed by atoms with Gasteiger partial charge in [-0.1, -0.05) is 38.4 Å². The number of hydrogen-bond acceptors (Lipinski definition) is 2. The summed E-state index contributed by atoms with van der Waals surface area (Å²) < 4.78 is 13.6. The fourth-order valence-electron chi connectivity index (χ4n) is 2.29. The highest BCUT2D eigenvalue weighted by molar-refractivity contribution is 7.15. The summed E-state index contributed by atoms with van der Waals surface area (Å²) in [6.45, 7) is 7.61. The summed E-state index contributed by atoms with van der Waals surface area (Å²) in [6.07, 6.45) is 1.11. The van der Waals surface area contributed by atoms with E-state index in [4.69, 9.17) is 11.6 Å². The number of rotatable bonds is 6. The molecule has 1 heterocycles. The van der Waals surface area contributed by atoms with Gasteiger partial charge in [-0.2, -0.15) is 0 Å². The third kappa shape index (κ3) is 4.06. The van der Waals surface area contributed by atoms with Crippen molar-refractivity contribution in [1.82, 2.24) is 5.32 Å². The molecule has 0 fully saturated rings. The Labute approximate surface area is 135 Å². The molecule has 0 bridgehead atoms. The van der Waals surface area contributed by atoms with Crippen LogP contribution >= 0.6 is 22.9 Å². The maximum Gasteiger partial charge on any atom is 0.142 e. The van der Waals surface area contributed by atoms with Crippen LogP contribution in [0.1, 0.15) is 38.1 Å². The van der Waals surface area contributed by atoms with Crippen LogP contribution in [0.15, 0.2) is 30.3 Å². The lowest BCUT2D eigenvalue weighted by molar-refractivity contribution is 0.418. The Balaban J connectivity index is 2.25. The fraction of sp³-hybridized carbons (Fsp3) is 0.412. The predicted molar refractivity (Wildman–Crippen MR) is 90.6 cm³/mol. The first-order valence-electron chi connectivity index (χ1n) is 7.31. The highest BCUT2D eigenvalue weighted by atomic mass is 35.5. The summed E-state index contributed by atoms with van der Waals surface area (Å²) in [5.41, 5.74) is 0.881. The van der Waals surface area contributed by atoms with Crippen molar-refractivity contribution in [3.8, 4) is 10.4 Å². The van der Waals surface area contributed by atoms with Gasteiger partial charge >= 0.3 is 0 Å². The molecule has 2 aromatic rings. The second kappa shape index (κ2) is 7.39. The Morgan fingerprint density at radius 2 is 2.00 bits per heavy atom. The van der Waals surface area contributed by atoms with Gasteiger partial charge in [0.05, 0.1) is 5.02 Å². The zero-order valence-electron chi connectivity index (χ0n) is 12.6. The highest BCUT2D eigenvalue weighted by Gasteiger charge is 2.17. The zero-order chi connectivity index (χ0) is 15.4. The van der Waals surface area contributed by atoms with Crippen molar-refractivity contribution in [2.75, 3.05) is 6.54 Å². The maximum absolute atomic E-state index is 13.6. The summed E-state index contributed by atoms with van der Waals surface area (Å²) in [4.78, 5) is 2.37. The van der Waals surface area contributed by atoms with Gasteiger partial charge in [-0.05, 0) is 48.7 Å². The number of benzene rings is 1. The molecule has 4 heteroatoms. The molecule has 0 aliphatic heterocycles. The third-order valence-corrected chi connectivity index (χ3v) is 4.94. The van der Waals surface area contributed by atoms with E-state index in [1.54, 1.807) is 17.4 Å². The lowest BCUT2D eigenvalue weighted by atomic mass is 10.0. The topological polar surface area (TPSA) is 12.0 Å². The SMILES string of the molecule is CCCNC(c1ccc(-c2ccc(Cl)c(F)c2)s1)C(C)C. The summed E-state index contributed by atoms with van der Waals surface area (Å²) in [5, 5.41) is 3.75. The summed E-state index contributed by atoms with van der Waals surface area (Å²) in [5.74, 6) is 0.152. The van der Waals surface area contributed by atoms with Crippen LogP contribution in [0.25, 0.3) is 10.4 Å². The molecular formula is C17H21ClFNS. The fourth-order valence-corrected chi connectivity index (χ4v) is 3.66. The molecule has 0 saturated heterocycles. The molecule has 1 aromatic carbocycles. The molecule has 114 valence electrons. The molecule has 1 aromatic heterocycles. The molecule has 1 unspecified atom stereocenters. The molecule has 2 rings (SSSR count). The standard InChI is InChI=1S/C17H21ClFNS/c1-4-9-20-17(11(2)3)16-8-7-15(21-16)12-5-6-13(18)14(19)10-12/h5-8,10-11,17,20H,4,9H2,1-3H3. The first-order chi connectivity index (χ1) is 10.0. The molecule has 1 N–H and O–H groups in total. The van der Waals surface area contributed by atoms with Gasteiger partial charge in [0.15, 0.2) is 0 Å². The molecular weight excluding hydrogens is 305 g/mol. The Morgan fingerprint density at radius 1 is 1.24 bits per heavy atom. The van der Waals surface area contributed by atoms with E-state index in [1.807, 2.05) is 6.07 Å². The summed E-state index contributed by atoms with van der Waals surface area (Å²) >= 11 is 7.46. The molecule has 0 aliphatic carbocycles. The minimum absolute atomic E-state index is 0.167. The molecule has 21 heavy (non-hydrogen) atoms. The van der Waals surface area contributed by atoms with Crippen LogP contribution in [0.3, 0.4) is 0 Å². The van der Waals surface area contributed by atoms with Gasteiger partial charge in [-0.25, -0.2) is 4.39 Å². The first-order valence-corrected chi connectivity index (χ1v) is 8.51. The van der Waals surface area contributed by atoms with Crippen molar-refractivity contribution in [1.29, 1.82) is 0 Å². The monoisotopic (exact) mass is 325 g/mol. The average Bonchev–Trinajstić information content (AvgIpc) is 2.91. The van der Waals surface area contributed by atoms with Crippen molar-refractivity contribution in [3.05, 3.63) is 46.0 Å². The second-order valence-electron chi connectivity index (χ2n) is 5.51. The van der Waals surface area contributed by atoms with Crippen molar-refractivity contribution in [2.45, 2.75) is 33.2 Å².